The van der Waals surface area contributed by atoms with Crippen LogP contribution in [0.3, 0.4) is 0 Å². The molecular formula is C6H16BNaO6. The first-order chi connectivity index (χ1) is 6.35. The van der Waals surface area contributed by atoms with E-state index >= 15 is 0 Å². The first kappa shape index (κ1) is 17.2. The fraction of sp³-hybridized carbons (Fsp3) is 1.00. The summed E-state index contributed by atoms with van der Waals surface area (Å²) in [4.78, 5) is 27.5. The summed E-state index contributed by atoms with van der Waals surface area (Å²) in [5, 5.41) is 0. The molecule has 0 saturated heterocycles. The molecule has 0 heterocycles. The first-order valence-electron chi connectivity index (χ1n) is 4.19. The van der Waals surface area contributed by atoms with Crippen molar-refractivity contribution in [1.82, 2.24) is 0 Å². The van der Waals surface area contributed by atoms with Crippen molar-refractivity contribution in [3.63, 3.8) is 0 Å². The van der Waals surface area contributed by atoms with Gasteiger partial charge in [-0.05, 0) is 20.8 Å². The topological polar surface area (TPSA) is 55.4 Å². The normalized spacial score (nSPS) is 9.64. The van der Waals surface area contributed by atoms with Crippen molar-refractivity contribution in [1.29, 1.82) is 0 Å². The number of hydrogen-bond donors (Lipinski definition) is 0. The van der Waals surface area contributed by atoms with E-state index < -0.39 is 7.32 Å². The van der Waals surface area contributed by atoms with Gasteiger partial charge in [-0.15, -0.1) is 0 Å². The van der Waals surface area contributed by atoms with E-state index in [2.05, 4.69) is 29.1 Å². The zero-order chi connectivity index (χ0) is 9.94. The molecule has 6 nitrogen and oxygen atoms in total. The first-order valence-corrected chi connectivity index (χ1v) is 4.19. The summed E-state index contributed by atoms with van der Waals surface area (Å²) in [7, 11) is -1.13. The molecular weight excluding hydrogens is 202 g/mol. The van der Waals surface area contributed by atoms with Crippen molar-refractivity contribution >= 4 is 36.9 Å². The Balaban J connectivity index is 0. The Morgan fingerprint density at radius 3 is 1.21 bits per heavy atom. The third-order valence-electron chi connectivity index (χ3n) is 0.793. The van der Waals surface area contributed by atoms with E-state index in [4.69, 9.17) is 0 Å². The molecule has 0 N–H and O–H groups in total. The van der Waals surface area contributed by atoms with Crippen LogP contribution < -0.4 is 0 Å². The maximum absolute atomic E-state index is 4.60. The van der Waals surface area contributed by atoms with Crippen LogP contribution in [0.15, 0.2) is 0 Å². The van der Waals surface area contributed by atoms with Crippen molar-refractivity contribution in [2.24, 2.45) is 0 Å². The van der Waals surface area contributed by atoms with Crippen LogP contribution in [0.2, 0.25) is 0 Å². The predicted molar refractivity (Wildman–Crippen MR) is 51.0 cm³/mol. The zero-order valence-corrected chi connectivity index (χ0v) is 8.15. The second-order valence-corrected chi connectivity index (χ2v) is 1.80. The van der Waals surface area contributed by atoms with Gasteiger partial charge in [0, 0.05) is 0 Å². The molecule has 0 aliphatic carbocycles. The summed E-state index contributed by atoms with van der Waals surface area (Å²) >= 11 is 0. The average molecular weight is 218 g/mol. The Morgan fingerprint density at radius 2 is 1.00 bits per heavy atom. The van der Waals surface area contributed by atoms with Crippen molar-refractivity contribution in [2.45, 2.75) is 20.8 Å². The van der Waals surface area contributed by atoms with Gasteiger partial charge in [0.2, 0.25) is 0 Å². The molecule has 0 aliphatic rings. The molecule has 0 unspecified atom stereocenters. The minimum atomic E-state index is -1.13. The second-order valence-electron chi connectivity index (χ2n) is 1.80. The van der Waals surface area contributed by atoms with Gasteiger partial charge in [-0.25, -0.2) is 29.1 Å². The van der Waals surface area contributed by atoms with Crippen LogP contribution >= 0.6 is 0 Å². The van der Waals surface area contributed by atoms with Gasteiger partial charge in [-0.3, -0.25) is 0 Å². The van der Waals surface area contributed by atoms with Crippen molar-refractivity contribution in [2.75, 3.05) is 19.8 Å². The van der Waals surface area contributed by atoms with Crippen molar-refractivity contribution < 1.29 is 29.1 Å². The Hall–Kier alpha value is 0.825. The monoisotopic (exact) mass is 218 g/mol. The minimum absolute atomic E-state index is 0. The Morgan fingerprint density at radius 1 is 0.714 bits per heavy atom. The summed E-state index contributed by atoms with van der Waals surface area (Å²) < 4.78 is 0. The van der Waals surface area contributed by atoms with Gasteiger partial charge in [0.25, 0.3) is 0 Å². The number of rotatable bonds is 9. The average Bonchev–Trinajstić information content (AvgIpc) is 2.17. The SMILES string of the molecule is CCOOB(OOCC)OOCC.[NaH]. The predicted octanol–water partition coefficient (Wildman–Crippen LogP) is 0.227. The molecule has 0 spiro atoms. The van der Waals surface area contributed by atoms with Gasteiger partial charge in [0.1, 0.15) is 0 Å². The molecule has 80 valence electrons. The Labute approximate surface area is 106 Å². The second kappa shape index (κ2) is 13.8. The summed E-state index contributed by atoms with van der Waals surface area (Å²) in [6, 6.07) is 0. The summed E-state index contributed by atoms with van der Waals surface area (Å²) in [6.07, 6.45) is 0. The molecule has 0 aromatic carbocycles. The van der Waals surface area contributed by atoms with Crippen molar-refractivity contribution in [3.05, 3.63) is 0 Å². The molecule has 0 aromatic rings. The van der Waals surface area contributed by atoms with Crippen LogP contribution in [-0.2, 0) is 29.1 Å². The van der Waals surface area contributed by atoms with E-state index in [1.165, 1.54) is 0 Å². The standard InChI is InChI=1S/C6H15BO6.Na.H/c1-4-8-11-7(12-9-5-2)13-10-6-3;;/h4-6H2,1-3H3;;. The van der Waals surface area contributed by atoms with E-state index in [1.54, 1.807) is 20.8 Å². The van der Waals surface area contributed by atoms with Gasteiger partial charge < -0.3 is 0 Å². The summed E-state index contributed by atoms with van der Waals surface area (Å²) in [5.41, 5.74) is 0. The molecule has 0 radical (unpaired) electrons. The van der Waals surface area contributed by atoms with E-state index in [1.807, 2.05) is 0 Å². The van der Waals surface area contributed by atoms with E-state index in [0.717, 1.165) is 0 Å². The van der Waals surface area contributed by atoms with Crippen molar-refractivity contribution in [3.8, 4) is 0 Å². The van der Waals surface area contributed by atoms with Crippen LogP contribution in [0.1, 0.15) is 20.8 Å². The molecule has 14 heavy (non-hydrogen) atoms. The van der Waals surface area contributed by atoms with Gasteiger partial charge in [-0.2, -0.15) is 0 Å². The molecule has 0 bridgehead atoms. The fourth-order valence-corrected chi connectivity index (χ4v) is 0.419. The van der Waals surface area contributed by atoms with Crippen LogP contribution in [0.25, 0.3) is 0 Å². The molecule has 0 atom stereocenters. The third-order valence-corrected chi connectivity index (χ3v) is 0.793. The van der Waals surface area contributed by atoms with Crippen LogP contribution in [0, 0.1) is 0 Å². The Bertz CT molecular complexity index is 89.3. The quantitative estimate of drug-likeness (QED) is 0.313. The molecule has 0 aromatic heterocycles. The molecule has 0 rings (SSSR count). The Kier molecular flexibility index (Phi) is 17.0. The molecule has 0 amide bonds. The van der Waals surface area contributed by atoms with Gasteiger partial charge in [0.15, 0.2) is 0 Å². The fourth-order valence-electron chi connectivity index (χ4n) is 0.419. The van der Waals surface area contributed by atoms with E-state index in [0.29, 0.717) is 19.8 Å². The molecule has 0 fully saturated rings. The zero-order valence-electron chi connectivity index (χ0n) is 8.15. The number of hydrogen-bond acceptors (Lipinski definition) is 6. The van der Waals surface area contributed by atoms with E-state index in [9.17, 15) is 0 Å². The van der Waals surface area contributed by atoms with Gasteiger partial charge >= 0.3 is 36.9 Å². The van der Waals surface area contributed by atoms with Gasteiger partial charge in [-0.1, -0.05) is 0 Å². The molecule has 0 saturated carbocycles. The van der Waals surface area contributed by atoms with Crippen LogP contribution in [0.4, 0.5) is 0 Å². The summed E-state index contributed by atoms with van der Waals surface area (Å²) in [5.74, 6) is 0. The van der Waals surface area contributed by atoms with Gasteiger partial charge in [0.05, 0.1) is 19.8 Å². The third kappa shape index (κ3) is 10.9. The summed E-state index contributed by atoms with van der Waals surface area (Å²) in [6.45, 7) is 6.42. The van der Waals surface area contributed by atoms with E-state index in [-0.39, 0.29) is 29.6 Å². The van der Waals surface area contributed by atoms with Crippen LogP contribution in [0.5, 0.6) is 0 Å². The van der Waals surface area contributed by atoms with Crippen LogP contribution in [-0.4, -0.2) is 56.7 Å². The maximum atomic E-state index is 4.60. The molecule has 0 aliphatic heterocycles. The molecule has 8 heteroatoms.